The normalized spacial score (nSPS) is 19.6. The number of rotatable bonds is 5. The van der Waals surface area contributed by atoms with Crippen LogP contribution < -0.4 is 4.74 Å². The van der Waals surface area contributed by atoms with Crippen molar-refractivity contribution in [2.45, 2.75) is 12.5 Å². The first-order valence-electron chi connectivity index (χ1n) is 8.63. The number of pyridine rings is 1. The number of phenolic OH excluding ortho intramolecular Hbond substituents is 1. The minimum absolute atomic E-state index is 0.170. The second-order valence-corrected chi connectivity index (χ2v) is 6.47. The molecule has 0 aliphatic carbocycles. The van der Waals surface area contributed by atoms with E-state index in [0.29, 0.717) is 18.3 Å². The first kappa shape index (κ1) is 16.6. The van der Waals surface area contributed by atoms with Gasteiger partial charge in [-0.1, -0.05) is 0 Å². The molecule has 0 radical (unpaired) electrons. The summed E-state index contributed by atoms with van der Waals surface area (Å²) in [6.45, 7) is 1.37. The van der Waals surface area contributed by atoms with Crippen LogP contribution >= 0.6 is 0 Å². The Morgan fingerprint density at radius 2 is 2.04 bits per heavy atom. The molecule has 0 unspecified atom stereocenters. The van der Waals surface area contributed by atoms with Crippen molar-refractivity contribution < 1.29 is 14.6 Å². The smallest absolute Gasteiger partial charge is 0.143 e. The van der Waals surface area contributed by atoms with E-state index in [-0.39, 0.29) is 11.8 Å². The summed E-state index contributed by atoms with van der Waals surface area (Å²) in [4.78, 5) is 8.63. The van der Waals surface area contributed by atoms with Gasteiger partial charge in [-0.3, -0.25) is 4.98 Å². The Morgan fingerprint density at radius 3 is 2.85 bits per heavy atom. The maximum atomic E-state index is 9.72. The van der Waals surface area contributed by atoms with Crippen molar-refractivity contribution in [1.82, 2.24) is 14.5 Å². The second-order valence-electron chi connectivity index (χ2n) is 6.47. The molecular weight excluding hydrogens is 330 g/mol. The number of nitrogens with zero attached hydrogens (tertiary/aromatic N) is 3. The van der Waals surface area contributed by atoms with Gasteiger partial charge in [0.25, 0.3) is 0 Å². The molecule has 1 saturated heterocycles. The number of aromatic nitrogens is 3. The van der Waals surface area contributed by atoms with Crippen LogP contribution in [0.5, 0.6) is 11.5 Å². The van der Waals surface area contributed by atoms with Crippen LogP contribution in [0.1, 0.15) is 11.6 Å². The summed E-state index contributed by atoms with van der Waals surface area (Å²) in [6.07, 6.45) is 8.36. The lowest BCUT2D eigenvalue weighted by molar-refractivity contribution is 0.181. The van der Waals surface area contributed by atoms with Gasteiger partial charge in [-0.25, -0.2) is 4.98 Å². The summed E-state index contributed by atoms with van der Waals surface area (Å²) in [5.74, 6) is 1.94. The minimum atomic E-state index is 0.170. The Kier molecular flexibility index (Phi) is 4.58. The van der Waals surface area contributed by atoms with Gasteiger partial charge in [0.2, 0.25) is 0 Å². The monoisotopic (exact) mass is 351 g/mol. The third-order valence-electron chi connectivity index (χ3n) is 4.86. The molecule has 1 aliphatic heterocycles. The highest BCUT2D eigenvalue weighted by molar-refractivity contribution is 5.66. The molecule has 26 heavy (non-hydrogen) atoms. The molecule has 3 aromatic rings. The zero-order valence-electron chi connectivity index (χ0n) is 14.6. The van der Waals surface area contributed by atoms with Gasteiger partial charge >= 0.3 is 0 Å². The Labute approximate surface area is 152 Å². The van der Waals surface area contributed by atoms with Gasteiger partial charge < -0.3 is 19.1 Å². The zero-order chi connectivity index (χ0) is 17.9. The SMILES string of the molecule is COc1cc(O)ccc1-c1nccn1[C@@H]1COC[C@@H]1Cc1ccncc1. The van der Waals surface area contributed by atoms with E-state index in [4.69, 9.17) is 9.47 Å². The number of aromatic hydroxyl groups is 1. The first-order valence-corrected chi connectivity index (χ1v) is 8.63. The highest BCUT2D eigenvalue weighted by atomic mass is 16.5. The van der Waals surface area contributed by atoms with Gasteiger partial charge in [0.15, 0.2) is 0 Å². The van der Waals surface area contributed by atoms with Gasteiger partial charge in [-0.2, -0.15) is 0 Å². The lowest BCUT2D eigenvalue weighted by Gasteiger charge is -2.22. The molecule has 2 atom stereocenters. The highest BCUT2D eigenvalue weighted by Gasteiger charge is 2.31. The number of hydrogen-bond acceptors (Lipinski definition) is 5. The van der Waals surface area contributed by atoms with E-state index in [1.54, 1.807) is 25.4 Å². The molecule has 0 spiro atoms. The molecule has 0 amide bonds. The summed E-state index contributed by atoms with van der Waals surface area (Å²) in [5, 5.41) is 9.72. The van der Waals surface area contributed by atoms with Crippen molar-refractivity contribution in [3.05, 3.63) is 60.7 Å². The van der Waals surface area contributed by atoms with Crippen LogP contribution in [0.4, 0.5) is 0 Å². The zero-order valence-corrected chi connectivity index (χ0v) is 14.6. The molecule has 0 bridgehead atoms. The van der Waals surface area contributed by atoms with Crippen molar-refractivity contribution in [3.63, 3.8) is 0 Å². The van der Waals surface area contributed by atoms with Crippen LogP contribution in [0.25, 0.3) is 11.4 Å². The lowest BCUT2D eigenvalue weighted by atomic mass is 9.95. The number of methoxy groups -OCH3 is 1. The van der Waals surface area contributed by atoms with Crippen LogP contribution in [0.2, 0.25) is 0 Å². The van der Waals surface area contributed by atoms with Crippen molar-refractivity contribution in [2.75, 3.05) is 20.3 Å². The van der Waals surface area contributed by atoms with Crippen LogP contribution in [-0.2, 0) is 11.2 Å². The second kappa shape index (κ2) is 7.17. The van der Waals surface area contributed by atoms with E-state index >= 15 is 0 Å². The van der Waals surface area contributed by atoms with Gasteiger partial charge in [-0.15, -0.1) is 0 Å². The number of phenols is 1. The van der Waals surface area contributed by atoms with E-state index in [0.717, 1.165) is 24.4 Å². The molecule has 1 aromatic carbocycles. The fourth-order valence-corrected chi connectivity index (χ4v) is 3.57. The molecule has 134 valence electrons. The van der Waals surface area contributed by atoms with Gasteiger partial charge in [-0.05, 0) is 36.2 Å². The van der Waals surface area contributed by atoms with Crippen molar-refractivity contribution >= 4 is 0 Å². The third-order valence-corrected chi connectivity index (χ3v) is 4.86. The van der Waals surface area contributed by atoms with Crippen molar-refractivity contribution in [1.29, 1.82) is 0 Å². The Bertz CT molecular complexity index is 879. The molecule has 6 nitrogen and oxygen atoms in total. The summed E-state index contributed by atoms with van der Waals surface area (Å²) < 4.78 is 13.4. The first-order chi connectivity index (χ1) is 12.8. The largest absolute Gasteiger partial charge is 0.508 e. The molecule has 3 heterocycles. The Morgan fingerprint density at radius 1 is 1.19 bits per heavy atom. The van der Waals surface area contributed by atoms with E-state index in [9.17, 15) is 5.11 Å². The predicted molar refractivity (Wildman–Crippen MR) is 97.2 cm³/mol. The fraction of sp³-hybridized carbons (Fsp3) is 0.300. The topological polar surface area (TPSA) is 69.4 Å². The number of hydrogen-bond donors (Lipinski definition) is 1. The van der Waals surface area contributed by atoms with Crippen LogP contribution in [-0.4, -0.2) is 40.0 Å². The number of ether oxygens (including phenoxy) is 2. The molecule has 1 N–H and O–H groups in total. The molecule has 6 heteroatoms. The fourth-order valence-electron chi connectivity index (χ4n) is 3.57. The van der Waals surface area contributed by atoms with Gasteiger partial charge in [0.05, 0.1) is 31.9 Å². The minimum Gasteiger partial charge on any atom is -0.508 e. The van der Waals surface area contributed by atoms with Crippen molar-refractivity contribution in [2.24, 2.45) is 5.92 Å². The van der Waals surface area contributed by atoms with Crippen molar-refractivity contribution in [3.8, 4) is 22.9 Å². The van der Waals surface area contributed by atoms with Crippen LogP contribution in [0.3, 0.4) is 0 Å². The average Bonchev–Trinajstić information content (AvgIpc) is 3.31. The third kappa shape index (κ3) is 3.15. The van der Waals surface area contributed by atoms with Gasteiger partial charge in [0.1, 0.15) is 17.3 Å². The van der Waals surface area contributed by atoms with Gasteiger partial charge in [0, 0.05) is 36.8 Å². The van der Waals surface area contributed by atoms with E-state index in [1.807, 2.05) is 36.8 Å². The molecule has 2 aromatic heterocycles. The van der Waals surface area contributed by atoms with E-state index < -0.39 is 0 Å². The maximum absolute atomic E-state index is 9.72. The van der Waals surface area contributed by atoms with Crippen LogP contribution in [0.15, 0.2) is 55.1 Å². The summed E-state index contributed by atoms with van der Waals surface area (Å²) in [6, 6.07) is 9.38. The maximum Gasteiger partial charge on any atom is 0.143 e. The van der Waals surface area contributed by atoms with E-state index in [1.165, 1.54) is 5.56 Å². The predicted octanol–water partition coefficient (Wildman–Crippen LogP) is 3.09. The molecule has 0 saturated carbocycles. The lowest BCUT2D eigenvalue weighted by Crippen LogP contribution is -2.20. The molecule has 4 rings (SSSR count). The summed E-state index contributed by atoms with van der Waals surface area (Å²) in [5.41, 5.74) is 2.11. The highest BCUT2D eigenvalue weighted by Crippen LogP contribution is 2.36. The Balaban J connectivity index is 1.66. The summed E-state index contributed by atoms with van der Waals surface area (Å²) in [7, 11) is 1.59. The Hall–Kier alpha value is -2.86. The van der Waals surface area contributed by atoms with E-state index in [2.05, 4.69) is 14.5 Å². The average molecular weight is 351 g/mol. The molecule has 1 aliphatic rings. The number of imidazole rings is 1. The summed E-state index contributed by atoms with van der Waals surface area (Å²) >= 11 is 0. The molecular formula is C20H21N3O3. The standard InChI is InChI=1S/C20H21N3O3/c1-25-19-11-16(24)2-3-17(19)20-22-8-9-23(20)18-13-26-12-15(18)10-14-4-6-21-7-5-14/h2-9,11,15,18,24H,10,12-13H2,1H3/t15-,18+/m0/s1. The quantitative estimate of drug-likeness (QED) is 0.765. The number of benzene rings is 1. The molecule has 1 fully saturated rings. The van der Waals surface area contributed by atoms with Crippen LogP contribution in [0, 0.1) is 5.92 Å².